The molecule has 0 atom stereocenters. The van der Waals surface area contributed by atoms with Crippen LogP contribution >= 0.6 is 0 Å². The van der Waals surface area contributed by atoms with E-state index in [1.165, 1.54) is 5.56 Å². The summed E-state index contributed by atoms with van der Waals surface area (Å²) in [6.07, 6.45) is 1.05. The Morgan fingerprint density at radius 2 is 2.14 bits per heavy atom. The molecular formula is C12H16FN. The molecule has 2 rings (SSSR count). The van der Waals surface area contributed by atoms with Gasteiger partial charge in [-0.3, -0.25) is 0 Å². The summed E-state index contributed by atoms with van der Waals surface area (Å²) >= 11 is 0. The van der Waals surface area contributed by atoms with Crippen LogP contribution in [0.2, 0.25) is 0 Å². The molecule has 76 valence electrons. The van der Waals surface area contributed by atoms with E-state index < -0.39 is 0 Å². The molecule has 1 heterocycles. The molecule has 1 aromatic rings. The molecular weight excluding hydrogens is 177 g/mol. The zero-order chi connectivity index (χ0) is 10.2. The van der Waals surface area contributed by atoms with Crippen LogP contribution in [0.5, 0.6) is 0 Å². The third-order valence-corrected chi connectivity index (χ3v) is 3.03. The van der Waals surface area contributed by atoms with Gasteiger partial charge in [-0.05, 0) is 42.0 Å². The van der Waals surface area contributed by atoms with E-state index in [0.29, 0.717) is 5.41 Å². The Morgan fingerprint density at radius 3 is 2.64 bits per heavy atom. The minimum absolute atomic E-state index is 0.136. The lowest BCUT2D eigenvalue weighted by atomic mass is 9.77. The van der Waals surface area contributed by atoms with Crippen LogP contribution in [0.4, 0.5) is 4.39 Å². The van der Waals surface area contributed by atoms with Crippen molar-refractivity contribution in [1.29, 1.82) is 0 Å². The van der Waals surface area contributed by atoms with Crippen LogP contribution in [0, 0.1) is 18.2 Å². The second-order valence-electron chi connectivity index (χ2n) is 4.66. The zero-order valence-corrected chi connectivity index (χ0v) is 8.73. The van der Waals surface area contributed by atoms with Crippen molar-refractivity contribution in [2.24, 2.45) is 5.41 Å². The third-order valence-electron chi connectivity index (χ3n) is 3.03. The van der Waals surface area contributed by atoms with Crippen LogP contribution in [-0.4, -0.2) is 13.1 Å². The fourth-order valence-electron chi connectivity index (χ4n) is 1.99. The van der Waals surface area contributed by atoms with Crippen molar-refractivity contribution in [2.45, 2.75) is 20.3 Å². The highest BCUT2D eigenvalue weighted by Crippen LogP contribution is 2.28. The largest absolute Gasteiger partial charge is 0.316 e. The van der Waals surface area contributed by atoms with Gasteiger partial charge in [0.15, 0.2) is 0 Å². The number of benzene rings is 1. The maximum absolute atomic E-state index is 12.9. The molecule has 0 aromatic heterocycles. The third kappa shape index (κ3) is 1.80. The van der Waals surface area contributed by atoms with Crippen LogP contribution in [-0.2, 0) is 6.42 Å². The molecule has 14 heavy (non-hydrogen) atoms. The molecule has 1 fully saturated rings. The van der Waals surface area contributed by atoms with Gasteiger partial charge in [0, 0.05) is 13.1 Å². The Hall–Kier alpha value is -0.890. The first-order chi connectivity index (χ1) is 6.59. The van der Waals surface area contributed by atoms with E-state index in [9.17, 15) is 4.39 Å². The van der Waals surface area contributed by atoms with Crippen molar-refractivity contribution < 1.29 is 4.39 Å². The zero-order valence-electron chi connectivity index (χ0n) is 8.73. The molecule has 1 aliphatic rings. The normalized spacial score (nSPS) is 19.1. The van der Waals surface area contributed by atoms with Gasteiger partial charge in [0.05, 0.1) is 0 Å². The van der Waals surface area contributed by atoms with Gasteiger partial charge in [-0.1, -0.05) is 13.0 Å². The lowest BCUT2D eigenvalue weighted by Crippen LogP contribution is -2.52. The lowest BCUT2D eigenvalue weighted by Gasteiger charge is -2.39. The van der Waals surface area contributed by atoms with E-state index >= 15 is 0 Å². The van der Waals surface area contributed by atoms with E-state index in [1.807, 2.05) is 13.0 Å². The lowest BCUT2D eigenvalue weighted by molar-refractivity contribution is 0.195. The first-order valence-electron chi connectivity index (χ1n) is 5.05. The van der Waals surface area contributed by atoms with Crippen molar-refractivity contribution in [3.63, 3.8) is 0 Å². The molecule has 0 amide bonds. The summed E-state index contributed by atoms with van der Waals surface area (Å²) in [6.45, 7) is 6.40. The molecule has 0 spiro atoms. The number of nitrogens with one attached hydrogen (secondary N) is 1. The molecule has 1 nitrogen and oxygen atoms in total. The van der Waals surface area contributed by atoms with Crippen LogP contribution < -0.4 is 5.32 Å². The van der Waals surface area contributed by atoms with Crippen molar-refractivity contribution >= 4 is 0 Å². The topological polar surface area (TPSA) is 12.0 Å². The summed E-state index contributed by atoms with van der Waals surface area (Å²) in [5.74, 6) is -0.136. The summed E-state index contributed by atoms with van der Waals surface area (Å²) in [6, 6.07) is 5.08. The Morgan fingerprint density at radius 1 is 1.43 bits per heavy atom. The molecule has 1 N–H and O–H groups in total. The van der Waals surface area contributed by atoms with Crippen molar-refractivity contribution in [1.82, 2.24) is 5.32 Å². The van der Waals surface area contributed by atoms with Crippen molar-refractivity contribution in [2.75, 3.05) is 13.1 Å². The molecule has 0 aliphatic carbocycles. The van der Waals surface area contributed by atoms with Crippen LogP contribution in [0.25, 0.3) is 0 Å². The summed E-state index contributed by atoms with van der Waals surface area (Å²) < 4.78 is 12.9. The smallest absolute Gasteiger partial charge is 0.123 e. The number of hydrogen-bond donors (Lipinski definition) is 1. The first kappa shape index (κ1) is 9.66. The summed E-state index contributed by atoms with van der Waals surface area (Å²) in [5, 5.41) is 3.28. The average Bonchev–Trinajstić information content (AvgIpc) is 2.07. The molecule has 0 bridgehead atoms. The minimum atomic E-state index is -0.136. The maximum atomic E-state index is 12.9. The van der Waals surface area contributed by atoms with Gasteiger partial charge in [0.2, 0.25) is 0 Å². The average molecular weight is 193 g/mol. The molecule has 0 saturated carbocycles. The Balaban J connectivity index is 2.16. The molecule has 0 radical (unpaired) electrons. The molecule has 2 heteroatoms. The van der Waals surface area contributed by atoms with E-state index in [0.717, 1.165) is 25.1 Å². The molecule has 1 aromatic carbocycles. The summed E-state index contributed by atoms with van der Waals surface area (Å²) in [4.78, 5) is 0. The van der Waals surface area contributed by atoms with E-state index in [4.69, 9.17) is 0 Å². The maximum Gasteiger partial charge on any atom is 0.123 e. The monoisotopic (exact) mass is 193 g/mol. The SMILES string of the molecule is Cc1cc(F)ccc1CC1(C)CNC1. The van der Waals surface area contributed by atoms with Crippen LogP contribution in [0.15, 0.2) is 18.2 Å². The number of hydrogen-bond acceptors (Lipinski definition) is 1. The highest BCUT2D eigenvalue weighted by molar-refractivity contribution is 5.28. The molecule has 1 saturated heterocycles. The number of halogens is 1. The number of aryl methyl sites for hydroxylation is 1. The Kier molecular flexibility index (Phi) is 2.31. The van der Waals surface area contributed by atoms with Crippen LogP contribution in [0.1, 0.15) is 18.1 Å². The summed E-state index contributed by atoms with van der Waals surface area (Å²) in [7, 11) is 0. The van der Waals surface area contributed by atoms with Crippen LogP contribution in [0.3, 0.4) is 0 Å². The first-order valence-corrected chi connectivity index (χ1v) is 5.05. The molecule has 1 aliphatic heterocycles. The second kappa shape index (κ2) is 3.35. The second-order valence-corrected chi connectivity index (χ2v) is 4.66. The van der Waals surface area contributed by atoms with E-state index in [1.54, 1.807) is 12.1 Å². The van der Waals surface area contributed by atoms with Gasteiger partial charge in [-0.25, -0.2) is 4.39 Å². The minimum Gasteiger partial charge on any atom is -0.316 e. The quantitative estimate of drug-likeness (QED) is 0.760. The van der Waals surface area contributed by atoms with Gasteiger partial charge >= 0.3 is 0 Å². The predicted octanol–water partition coefficient (Wildman–Crippen LogP) is 2.29. The van der Waals surface area contributed by atoms with Gasteiger partial charge in [0.25, 0.3) is 0 Å². The highest BCUT2D eigenvalue weighted by atomic mass is 19.1. The standard InChI is InChI=1S/C12H16FN/c1-9-5-11(13)4-3-10(9)6-12(2)7-14-8-12/h3-5,14H,6-8H2,1-2H3. The Bertz CT molecular complexity index is 342. The fraction of sp³-hybridized carbons (Fsp3) is 0.500. The Labute approximate surface area is 84.3 Å². The molecule has 0 unspecified atom stereocenters. The van der Waals surface area contributed by atoms with E-state index in [-0.39, 0.29) is 5.82 Å². The summed E-state index contributed by atoms with van der Waals surface area (Å²) in [5.41, 5.74) is 2.72. The predicted molar refractivity (Wildman–Crippen MR) is 55.8 cm³/mol. The highest BCUT2D eigenvalue weighted by Gasteiger charge is 2.31. The van der Waals surface area contributed by atoms with Gasteiger partial charge < -0.3 is 5.32 Å². The van der Waals surface area contributed by atoms with Gasteiger partial charge in [0.1, 0.15) is 5.82 Å². The van der Waals surface area contributed by atoms with Crippen molar-refractivity contribution in [3.8, 4) is 0 Å². The van der Waals surface area contributed by atoms with E-state index in [2.05, 4.69) is 12.2 Å². The van der Waals surface area contributed by atoms with Crippen molar-refractivity contribution in [3.05, 3.63) is 35.1 Å². The van der Waals surface area contributed by atoms with Gasteiger partial charge in [-0.2, -0.15) is 0 Å². The van der Waals surface area contributed by atoms with Gasteiger partial charge in [-0.15, -0.1) is 0 Å². The fourth-order valence-corrected chi connectivity index (χ4v) is 1.99. The number of rotatable bonds is 2.